The first kappa shape index (κ1) is 21.0. The van der Waals surface area contributed by atoms with E-state index in [1.807, 2.05) is 32.0 Å². The van der Waals surface area contributed by atoms with Crippen molar-refractivity contribution < 1.29 is 14.6 Å². The van der Waals surface area contributed by atoms with Gasteiger partial charge in [-0.25, -0.2) is 4.98 Å². The summed E-state index contributed by atoms with van der Waals surface area (Å²) in [6, 6.07) is 11.8. The molecule has 3 aromatic rings. The van der Waals surface area contributed by atoms with E-state index in [1.165, 1.54) is 11.3 Å². The van der Waals surface area contributed by atoms with E-state index in [0.29, 0.717) is 26.8 Å². The molecule has 32 heavy (non-hydrogen) atoms. The molecule has 0 aliphatic carbocycles. The number of aromatic nitrogens is 1. The van der Waals surface area contributed by atoms with Crippen LogP contribution in [0.4, 0.5) is 11.4 Å². The summed E-state index contributed by atoms with van der Waals surface area (Å²) in [5, 5.41) is 15.2. The van der Waals surface area contributed by atoms with Gasteiger partial charge in [0.1, 0.15) is 5.76 Å². The third-order valence-corrected chi connectivity index (χ3v) is 7.15. The summed E-state index contributed by atoms with van der Waals surface area (Å²) in [7, 11) is 0. The number of anilines is 2. The lowest BCUT2D eigenvalue weighted by Crippen LogP contribution is -2.36. The SMILES string of the molecule is Cc1nc(C)c(C(O)=C2C(=O)Nc3cc(Cl)c(-c4ccc(N5CCOCC5)cc4)cc32)s1. The van der Waals surface area contributed by atoms with E-state index in [4.69, 9.17) is 16.3 Å². The van der Waals surface area contributed by atoms with Crippen LogP contribution in [-0.2, 0) is 9.53 Å². The van der Waals surface area contributed by atoms with Crippen LogP contribution in [-0.4, -0.2) is 42.3 Å². The van der Waals surface area contributed by atoms with Gasteiger partial charge in [-0.3, -0.25) is 4.79 Å². The van der Waals surface area contributed by atoms with Crippen molar-refractivity contribution >= 4 is 51.6 Å². The minimum Gasteiger partial charge on any atom is -0.506 e. The molecule has 0 spiro atoms. The maximum absolute atomic E-state index is 12.7. The number of fused-ring (bicyclic) bond motifs is 1. The van der Waals surface area contributed by atoms with E-state index in [0.717, 1.165) is 48.1 Å². The highest BCUT2D eigenvalue weighted by molar-refractivity contribution is 7.12. The lowest BCUT2D eigenvalue weighted by atomic mass is 9.98. The van der Waals surface area contributed by atoms with Crippen molar-refractivity contribution in [3.05, 3.63) is 62.6 Å². The Labute approximate surface area is 195 Å². The van der Waals surface area contributed by atoms with Crippen molar-refractivity contribution in [2.24, 2.45) is 0 Å². The topological polar surface area (TPSA) is 74.7 Å². The molecule has 0 saturated carbocycles. The molecule has 164 valence electrons. The Morgan fingerprint density at radius 3 is 2.53 bits per heavy atom. The molecule has 0 radical (unpaired) electrons. The van der Waals surface area contributed by atoms with E-state index in [1.54, 1.807) is 6.07 Å². The summed E-state index contributed by atoms with van der Waals surface area (Å²) in [6.07, 6.45) is 0. The highest BCUT2D eigenvalue weighted by atomic mass is 35.5. The normalized spacial score (nSPS) is 17.3. The first-order chi connectivity index (χ1) is 15.4. The minimum absolute atomic E-state index is 0.0553. The van der Waals surface area contributed by atoms with Gasteiger partial charge in [0.2, 0.25) is 0 Å². The third-order valence-electron chi connectivity index (χ3n) is 5.76. The van der Waals surface area contributed by atoms with E-state index >= 15 is 0 Å². The highest BCUT2D eigenvalue weighted by Gasteiger charge is 2.31. The Kier molecular flexibility index (Phi) is 5.41. The van der Waals surface area contributed by atoms with Crippen LogP contribution in [0, 0.1) is 13.8 Å². The number of ether oxygens (including phenoxy) is 1. The maximum atomic E-state index is 12.7. The predicted octanol–water partition coefficient (Wildman–Crippen LogP) is 5.30. The highest BCUT2D eigenvalue weighted by Crippen LogP contribution is 2.43. The quantitative estimate of drug-likeness (QED) is 0.404. The Morgan fingerprint density at radius 2 is 1.88 bits per heavy atom. The Balaban J connectivity index is 1.55. The van der Waals surface area contributed by atoms with E-state index in [2.05, 4.69) is 27.3 Å². The van der Waals surface area contributed by atoms with Crippen molar-refractivity contribution in [3.63, 3.8) is 0 Å². The number of hydrogen-bond acceptors (Lipinski definition) is 6. The molecule has 1 fully saturated rings. The van der Waals surface area contributed by atoms with Crippen molar-refractivity contribution in [1.29, 1.82) is 0 Å². The molecule has 2 aliphatic rings. The van der Waals surface area contributed by atoms with Gasteiger partial charge in [0, 0.05) is 29.9 Å². The number of hydrogen-bond donors (Lipinski definition) is 2. The van der Waals surface area contributed by atoms with Crippen LogP contribution in [0.15, 0.2) is 36.4 Å². The standard InChI is InChI=1S/C24H22ClN3O3S/c1-13-23(32-14(2)26-13)22(29)21-18-11-17(19(25)12-20(18)27-24(21)30)15-3-5-16(6-4-15)28-7-9-31-10-8-28/h3-6,11-12,29H,7-10H2,1-2H3,(H,27,30). The van der Waals surface area contributed by atoms with Crippen molar-refractivity contribution in [2.45, 2.75) is 13.8 Å². The number of thiazole rings is 1. The second kappa shape index (κ2) is 8.24. The molecular formula is C24H22ClN3O3S. The van der Waals surface area contributed by atoms with Gasteiger partial charge in [0.05, 0.1) is 45.1 Å². The number of aliphatic hydroxyl groups is 1. The number of carbonyl (C=O) groups is 1. The third kappa shape index (κ3) is 3.66. The fourth-order valence-electron chi connectivity index (χ4n) is 4.18. The number of amides is 1. The Morgan fingerprint density at radius 1 is 1.16 bits per heavy atom. The van der Waals surface area contributed by atoms with Gasteiger partial charge in [0.25, 0.3) is 5.91 Å². The van der Waals surface area contributed by atoms with Gasteiger partial charge in [-0.15, -0.1) is 11.3 Å². The van der Waals surface area contributed by atoms with Gasteiger partial charge < -0.3 is 20.1 Å². The fraction of sp³-hybridized carbons (Fsp3) is 0.250. The number of aryl methyl sites for hydroxylation is 2. The van der Waals surface area contributed by atoms with Gasteiger partial charge in [0.15, 0.2) is 0 Å². The van der Waals surface area contributed by atoms with Gasteiger partial charge in [-0.2, -0.15) is 0 Å². The number of carbonyl (C=O) groups excluding carboxylic acids is 1. The maximum Gasteiger partial charge on any atom is 0.260 e. The lowest BCUT2D eigenvalue weighted by molar-refractivity contribution is -0.110. The number of benzene rings is 2. The molecule has 8 heteroatoms. The fourth-order valence-corrected chi connectivity index (χ4v) is 5.33. The van der Waals surface area contributed by atoms with Gasteiger partial charge in [-0.1, -0.05) is 23.7 Å². The number of halogens is 1. The second-order valence-corrected chi connectivity index (χ2v) is 9.46. The van der Waals surface area contributed by atoms with Crippen LogP contribution in [0.3, 0.4) is 0 Å². The molecule has 2 N–H and O–H groups in total. The molecule has 5 rings (SSSR count). The molecule has 0 bridgehead atoms. The van der Waals surface area contributed by atoms with Crippen LogP contribution < -0.4 is 10.2 Å². The zero-order valence-corrected chi connectivity index (χ0v) is 19.3. The average Bonchev–Trinajstić information content (AvgIpc) is 3.30. The molecule has 1 aromatic heterocycles. The van der Waals surface area contributed by atoms with Crippen molar-refractivity contribution in [3.8, 4) is 11.1 Å². The minimum atomic E-state index is -0.348. The molecule has 1 saturated heterocycles. The number of nitrogens with one attached hydrogen (secondary N) is 1. The summed E-state index contributed by atoms with van der Waals surface area (Å²) in [5.74, 6) is -0.404. The number of nitrogens with zero attached hydrogens (tertiary/aromatic N) is 2. The average molecular weight is 468 g/mol. The first-order valence-corrected chi connectivity index (χ1v) is 11.6. The molecular weight excluding hydrogens is 446 g/mol. The summed E-state index contributed by atoms with van der Waals surface area (Å²) in [4.78, 5) is 20.0. The molecule has 3 heterocycles. The molecule has 0 atom stereocenters. The summed E-state index contributed by atoms with van der Waals surface area (Å²) in [6.45, 7) is 6.91. The smallest absolute Gasteiger partial charge is 0.260 e. The molecule has 0 unspecified atom stereocenters. The summed E-state index contributed by atoms with van der Waals surface area (Å²) < 4.78 is 5.43. The Bertz CT molecular complexity index is 1240. The van der Waals surface area contributed by atoms with Crippen LogP contribution >= 0.6 is 22.9 Å². The van der Waals surface area contributed by atoms with Gasteiger partial charge >= 0.3 is 0 Å². The summed E-state index contributed by atoms with van der Waals surface area (Å²) >= 11 is 7.95. The zero-order chi connectivity index (χ0) is 22.4. The summed E-state index contributed by atoms with van der Waals surface area (Å²) in [5.41, 5.74) is 5.06. The predicted molar refractivity (Wildman–Crippen MR) is 130 cm³/mol. The first-order valence-electron chi connectivity index (χ1n) is 10.4. The molecule has 1 amide bonds. The van der Waals surface area contributed by atoms with Crippen LogP contribution in [0.25, 0.3) is 22.5 Å². The second-order valence-electron chi connectivity index (χ2n) is 7.85. The van der Waals surface area contributed by atoms with Crippen LogP contribution in [0.1, 0.15) is 21.1 Å². The monoisotopic (exact) mass is 467 g/mol. The van der Waals surface area contributed by atoms with Crippen LogP contribution in [0.2, 0.25) is 5.02 Å². The van der Waals surface area contributed by atoms with E-state index < -0.39 is 0 Å². The van der Waals surface area contributed by atoms with Crippen molar-refractivity contribution in [2.75, 3.05) is 36.5 Å². The van der Waals surface area contributed by atoms with Crippen LogP contribution in [0.5, 0.6) is 0 Å². The van der Waals surface area contributed by atoms with Gasteiger partial charge in [-0.05, 0) is 43.7 Å². The zero-order valence-electron chi connectivity index (χ0n) is 17.7. The number of morpholine rings is 1. The van der Waals surface area contributed by atoms with E-state index in [-0.39, 0.29) is 17.2 Å². The number of rotatable bonds is 3. The largest absolute Gasteiger partial charge is 0.506 e. The van der Waals surface area contributed by atoms with E-state index in [9.17, 15) is 9.90 Å². The molecule has 2 aliphatic heterocycles. The number of aliphatic hydroxyl groups excluding tert-OH is 1. The molecule has 6 nitrogen and oxygen atoms in total. The lowest BCUT2D eigenvalue weighted by Gasteiger charge is -2.29. The molecule has 2 aromatic carbocycles. The Hall–Kier alpha value is -2.87. The van der Waals surface area contributed by atoms with Crippen molar-refractivity contribution in [1.82, 2.24) is 4.98 Å².